The first kappa shape index (κ1) is 14.9. The molecule has 0 aliphatic rings. The highest BCUT2D eigenvalue weighted by atomic mass is 35.5. The summed E-state index contributed by atoms with van der Waals surface area (Å²) in [5, 5.41) is 4.31. The lowest BCUT2D eigenvalue weighted by Gasteiger charge is -2.15. The van der Waals surface area contributed by atoms with Crippen LogP contribution in [0, 0.1) is 6.92 Å². The predicted octanol–water partition coefficient (Wildman–Crippen LogP) is 4.51. The van der Waals surface area contributed by atoms with E-state index >= 15 is 0 Å². The van der Waals surface area contributed by atoms with Crippen LogP contribution in [-0.2, 0) is 6.54 Å². The molecular weight excluding hydrogens is 270 g/mol. The molecule has 0 radical (unpaired) electrons. The van der Waals surface area contributed by atoms with Gasteiger partial charge in [-0.05, 0) is 48.7 Å². The predicted molar refractivity (Wildman–Crippen MR) is 84.4 cm³/mol. The monoisotopic (exact) mass is 289 g/mol. The van der Waals surface area contributed by atoms with Gasteiger partial charge in [-0.3, -0.25) is 0 Å². The van der Waals surface area contributed by atoms with Crippen LogP contribution in [0.4, 0.5) is 0 Å². The number of methoxy groups -OCH3 is 1. The molecule has 2 aromatic rings. The molecule has 0 saturated carbocycles. The van der Waals surface area contributed by atoms with E-state index in [4.69, 9.17) is 16.3 Å². The largest absolute Gasteiger partial charge is 0.497 e. The van der Waals surface area contributed by atoms with E-state index in [9.17, 15) is 0 Å². The van der Waals surface area contributed by atoms with Crippen LogP contribution in [0.25, 0.3) is 0 Å². The molecule has 1 N–H and O–H groups in total. The molecule has 0 aliphatic carbocycles. The third-order valence-electron chi connectivity index (χ3n) is 3.42. The van der Waals surface area contributed by atoms with Crippen molar-refractivity contribution in [1.82, 2.24) is 5.32 Å². The topological polar surface area (TPSA) is 21.3 Å². The van der Waals surface area contributed by atoms with Gasteiger partial charge in [-0.15, -0.1) is 0 Å². The molecule has 106 valence electrons. The maximum atomic E-state index is 6.24. The Bertz CT molecular complexity index is 566. The summed E-state index contributed by atoms with van der Waals surface area (Å²) in [5.74, 6) is 0.877. The van der Waals surface area contributed by atoms with E-state index in [1.165, 1.54) is 11.1 Å². The normalized spacial score (nSPS) is 12.2. The van der Waals surface area contributed by atoms with Gasteiger partial charge in [0.05, 0.1) is 7.11 Å². The molecule has 0 amide bonds. The summed E-state index contributed by atoms with van der Waals surface area (Å²) in [7, 11) is 1.68. The second kappa shape index (κ2) is 6.78. The molecule has 0 aromatic heterocycles. The van der Waals surface area contributed by atoms with E-state index in [1.54, 1.807) is 7.11 Å². The van der Waals surface area contributed by atoms with Gasteiger partial charge in [-0.2, -0.15) is 0 Å². The molecule has 0 spiro atoms. The number of halogens is 1. The fraction of sp³-hybridized carbons (Fsp3) is 0.294. The summed E-state index contributed by atoms with van der Waals surface area (Å²) < 4.78 is 5.17. The Hall–Kier alpha value is -1.51. The molecule has 2 rings (SSSR count). The van der Waals surface area contributed by atoms with E-state index in [-0.39, 0.29) is 6.04 Å². The highest BCUT2D eigenvalue weighted by molar-refractivity contribution is 6.31. The lowest BCUT2D eigenvalue weighted by molar-refractivity contribution is 0.414. The molecule has 1 atom stereocenters. The molecule has 3 heteroatoms. The molecule has 2 aromatic carbocycles. The van der Waals surface area contributed by atoms with Crippen molar-refractivity contribution >= 4 is 11.6 Å². The summed E-state index contributed by atoms with van der Waals surface area (Å²) >= 11 is 6.24. The van der Waals surface area contributed by atoms with Crippen molar-refractivity contribution in [2.24, 2.45) is 0 Å². The third kappa shape index (κ3) is 3.75. The van der Waals surface area contributed by atoms with Crippen LogP contribution in [0.3, 0.4) is 0 Å². The van der Waals surface area contributed by atoms with Crippen LogP contribution < -0.4 is 10.1 Å². The van der Waals surface area contributed by atoms with Crippen molar-refractivity contribution in [2.75, 3.05) is 7.11 Å². The summed E-state index contributed by atoms with van der Waals surface area (Å²) in [4.78, 5) is 0. The molecule has 0 aliphatic heterocycles. The average molecular weight is 290 g/mol. The van der Waals surface area contributed by atoms with Crippen molar-refractivity contribution in [3.8, 4) is 5.75 Å². The number of benzene rings is 2. The van der Waals surface area contributed by atoms with Crippen LogP contribution in [0.5, 0.6) is 5.75 Å². The van der Waals surface area contributed by atoms with Crippen LogP contribution in [0.15, 0.2) is 42.5 Å². The molecular formula is C17H20ClNO. The minimum atomic E-state index is 0.262. The van der Waals surface area contributed by atoms with E-state index in [0.717, 1.165) is 22.9 Å². The zero-order valence-corrected chi connectivity index (χ0v) is 12.9. The molecule has 0 heterocycles. The van der Waals surface area contributed by atoms with Gasteiger partial charge in [0.25, 0.3) is 0 Å². The maximum Gasteiger partial charge on any atom is 0.118 e. The molecule has 0 fully saturated rings. The summed E-state index contributed by atoms with van der Waals surface area (Å²) in [5.41, 5.74) is 3.54. The number of nitrogens with one attached hydrogen (secondary N) is 1. The van der Waals surface area contributed by atoms with Crippen LogP contribution in [0.1, 0.15) is 29.7 Å². The Labute approximate surface area is 125 Å². The van der Waals surface area contributed by atoms with Crippen molar-refractivity contribution in [3.05, 3.63) is 64.2 Å². The third-order valence-corrected chi connectivity index (χ3v) is 3.77. The van der Waals surface area contributed by atoms with Crippen LogP contribution in [0.2, 0.25) is 5.02 Å². The van der Waals surface area contributed by atoms with Gasteiger partial charge in [0.2, 0.25) is 0 Å². The molecule has 0 bridgehead atoms. The van der Waals surface area contributed by atoms with Crippen LogP contribution >= 0.6 is 11.6 Å². The molecule has 20 heavy (non-hydrogen) atoms. The van der Waals surface area contributed by atoms with Gasteiger partial charge in [0.15, 0.2) is 0 Å². The van der Waals surface area contributed by atoms with Crippen LogP contribution in [-0.4, -0.2) is 7.11 Å². The minimum absolute atomic E-state index is 0.262. The Kier molecular flexibility index (Phi) is 5.05. The smallest absolute Gasteiger partial charge is 0.118 e. The second-order valence-electron chi connectivity index (χ2n) is 4.97. The highest BCUT2D eigenvalue weighted by Crippen LogP contribution is 2.20. The fourth-order valence-electron chi connectivity index (χ4n) is 2.07. The van der Waals surface area contributed by atoms with E-state index in [0.29, 0.717) is 0 Å². The number of ether oxygens (including phenoxy) is 1. The van der Waals surface area contributed by atoms with Gasteiger partial charge in [-0.25, -0.2) is 0 Å². The average Bonchev–Trinajstić information content (AvgIpc) is 2.46. The summed E-state index contributed by atoms with van der Waals surface area (Å²) in [6, 6.07) is 14.5. The van der Waals surface area contributed by atoms with Gasteiger partial charge in [0.1, 0.15) is 5.75 Å². The maximum absolute atomic E-state index is 6.24. The number of aryl methyl sites for hydroxylation is 1. The quantitative estimate of drug-likeness (QED) is 0.874. The lowest BCUT2D eigenvalue weighted by Crippen LogP contribution is -2.18. The first-order chi connectivity index (χ1) is 9.60. The minimum Gasteiger partial charge on any atom is -0.497 e. The first-order valence-electron chi connectivity index (χ1n) is 6.72. The lowest BCUT2D eigenvalue weighted by atomic mass is 10.1. The van der Waals surface area contributed by atoms with Crippen molar-refractivity contribution < 1.29 is 4.74 Å². The fourth-order valence-corrected chi connectivity index (χ4v) is 2.37. The Morgan fingerprint density at radius 2 is 1.85 bits per heavy atom. The van der Waals surface area contributed by atoms with Crippen molar-refractivity contribution in [3.63, 3.8) is 0 Å². The number of hydrogen-bond acceptors (Lipinski definition) is 2. The zero-order valence-electron chi connectivity index (χ0n) is 12.1. The van der Waals surface area contributed by atoms with E-state index in [2.05, 4.69) is 36.5 Å². The van der Waals surface area contributed by atoms with Gasteiger partial charge in [0, 0.05) is 17.6 Å². The zero-order chi connectivity index (χ0) is 14.5. The first-order valence-corrected chi connectivity index (χ1v) is 7.10. The summed E-state index contributed by atoms with van der Waals surface area (Å²) in [6.45, 7) is 4.94. The van der Waals surface area contributed by atoms with E-state index < -0.39 is 0 Å². The highest BCUT2D eigenvalue weighted by Gasteiger charge is 2.06. The van der Waals surface area contributed by atoms with Crippen molar-refractivity contribution in [1.29, 1.82) is 0 Å². The molecule has 0 unspecified atom stereocenters. The van der Waals surface area contributed by atoms with Gasteiger partial charge < -0.3 is 10.1 Å². The van der Waals surface area contributed by atoms with Gasteiger partial charge >= 0.3 is 0 Å². The standard InChI is InChI=1S/C17H20ClNO/c1-12-4-5-15(17(18)10-12)11-19-13(2)14-6-8-16(20-3)9-7-14/h4-10,13,19H,11H2,1-3H3/t13-/m0/s1. The second-order valence-corrected chi connectivity index (χ2v) is 5.38. The SMILES string of the molecule is COc1ccc([C@H](C)NCc2ccc(C)cc2Cl)cc1. The summed E-state index contributed by atoms with van der Waals surface area (Å²) in [6.07, 6.45) is 0. The van der Waals surface area contributed by atoms with Gasteiger partial charge in [-0.1, -0.05) is 35.9 Å². The Morgan fingerprint density at radius 3 is 2.45 bits per heavy atom. The number of rotatable bonds is 5. The number of hydrogen-bond donors (Lipinski definition) is 1. The van der Waals surface area contributed by atoms with Crippen molar-refractivity contribution in [2.45, 2.75) is 26.4 Å². The Morgan fingerprint density at radius 1 is 1.15 bits per heavy atom. The molecule has 0 saturated heterocycles. The molecule has 2 nitrogen and oxygen atoms in total. The Balaban J connectivity index is 1.98. The van der Waals surface area contributed by atoms with E-state index in [1.807, 2.05) is 25.1 Å².